The van der Waals surface area contributed by atoms with E-state index in [-0.39, 0.29) is 17.9 Å². The van der Waals surface area contributed by atoms with Crippen molar-refractivity contribution in [1.82, 2.24) is 9.88 Å². The summed E-state index contributed by atoms with van der Waals surface area (Å²) in [6.45, 7) is 2.44. The second kappa shape index (κ2) is 5.90. The molecule has 1 saturated heterocycles. The van der Waals surface area contributed by atoms with E-state index < -0.39 is 0 Å². The molecule has 1 unspecified atom stereocenters. The Morgan fingerprint density at radius 2 is 2.25 bits per heavy atom. The molecule has 108 valence electrons. The molecule has 6 heteroatoms. The number of amides is 1. The maximum Gasteiger partial charge on any atom is 0.339 e. The number of hydrogen-bond donors (Lipinski definition) is 1. The van der Waals surface area contributed by atoms with Crippen molar-refractivity contribution < 1.29 is 14.3 Å². The van der Waals surface area contributed by atoms with Crippen molar-refractivity contribution in [2.75, 3.05) is 26.0 Å². The number of nitrogens with one attached hydrogen (secondary N) is 1. The number of nitrogens with zero attached hydrogens (tertiary/aromatic N) is 2. The first kappa shape index (κ1) is 14.3. The molecule has 20 heavy (non-hydrogen) atoms. The monoisotopic (exact) mass is 277 g/mol. The van der Waals surface area contributed by atoms with E-state index in [4.69, 9.17) is 0 Å². The van der Waals surface area contributed by atoms with Gasteiger partial charge < -0.3 is 15.0 Å². The molecule has 6 nitrogen and oxygen atoms in total. The van der Waals surface area contributed by atoms with E-state index >= 15 is 0 Å². The van der Waals surface area contributed by atoms with Crippen LogP contribution in [-0.4, -0.2) is 48.5 Å². The topological polar surface area (TPSA) is 71.5 Å². The Morgan fingerprint density at radius 3 is 2.85 bits per heavy atom. The Balaban J connectivity index is 2.05. The summed E-state index contributed by atoms with van der Waals surface area (Å²) >= 11 is 0. The number of aryl methyl sites for hydroxylation is 1. The number of carbonyl (C=O) groups is 2. The number of methoxy groups -OCH3 is 1. The van der Waals surface area contributed by atoms with Crippen LogP contribution < -0.4 is 5.32 Å². The normalized spacial score (nSPS) is 18.9. The van der Waals surface area contributed by atoms with Crippen LogP contribution in [0.2, 0.25) is 0 Å². The highest BCUT2D eigenvalue weighted by molar-refractivity contribution is 5.90. The van der Waals surface area contributed by atoms with E-state index in [1.807, 2.05) is 0 Å². The smallest absolute Gasteiger partial charge is 0.339 e. The zero-order valence-corrected chi connectivity index (χ0v) is 12.0. The fourth-order valence-corrected chi connectivity index (χ4v) is 2.31. The molecule has 0 spiro atoms. The number of ether oxygens (including phenoxy) is 1. The zero-order valence-electron chi connectivity index (χ0n) is 12.0. The van der Waals surface area contributed by atoms with Crippen LogP contribution in [0.5, 0.6) is 0 Å². The van der Waals surface area contributed by atoms with Gasteiger partial charge in [-0.1, -0.05) is 0 Å². The summed E-state index contributed by atoms with van der Waals surface area (Å²) < 4.78 is 4.69. The fourth-order valence-electron chi connectivity index (χ4n) is 2.31. The highest BCUT2D eigenvalue weighted by Crippen LogP contribution is 2.16. The van der Waals surface area contributed by atoms with E-state index in [0.29, 0.717) is 30.0 Å². The van der Waals surface area contributed by atoms with Crippen molar-refractivity contribution in [1.29, 1.82) is 0 Å². The molecule has 0 aliphatic carbocycles. The third-order valence-corrected chi connectivity index (χ3v) is 3.47. The predicted molar refractivity (Wildman–Crippen MR) is 74.6 cm³/mol. The summed E-state index contributed by atoms with van der Waals surface area (Å²) in [4.78, 5) is 29.0. The van der Waals surface area contributed by atoms with Crippen molar-refractivity contribution in [3.05, 3.63) is 23.4 Å². The van der Waals surface area contributed by atoms with Crippen molar-refractivity contribution in [2.45, 2.75) is 25.8 Å². The van der Waals surface area contributed by atoms with Gasteiger partial charge in [0.15, 0.2) is 0 Å². The van der Waals surface area contributed by atoms with Crippen molar-refractivity contribution in [3.63, 3.8) is 0 Å². The number of anilines is 1. The van der Waals surface area contributed by atoms with Crippen LogP contribution in [-0.2, 0) is 9.53 Å². The highest BCUT2D eigenvalue weighted by Gasteiger charge is 2.23. The number of piperidine rings is 1. The summed E-state index contributed by atoms with van der Waals surface area (Å²) in [7, 11) is 3.15. The Bertz CT molecular complexity index is 530. The van der Waals surface area contributed by atoms with Gasteiger partial charge in [-0.05, 0) is 25.5 Å². The minimum atomic E-state index is -0.385. The molecule has 1 aliphatic heterocycles. The van der Waals surface area contributed by atoms with Gasteiger partial charge in [-0.15, -0.1) is 0 Å². The lowest BCUT2D eigenvalue weighted by molar-refractivity contribution is -0.132. The van der Waals surface area contributed by atoms with Gasteiger partial charge in [0, 0.05) is 26.1 Å². The molecule has 2 rings (SSSR count). The maximum absolute atomic E-state index is 11.5. The quantitative estimate of drug-likeness (QED) is 0.841. The second-order valence-electron chi connectivity index (χ2n) is 4.98. The minimum Gasteiger partial charge on any atom is -0.465 e. The van der Waals surface area contributed by atoms with Gasteiger partial charge in [0.25, 0.3) is 0 Å². The number of likely N-dealkylation sites (N-methyl/N-ethyl adjacent to an activating group) is 1. The van der Waals surface area contributed by atoms with Crippen LogP contribution in [0, 0.1) is 6.92 Å². The Morgan fingerprint density at radius 1 is 1.50 bits per heavy atom. The lowest BCUT2D eigenvalue weighted by Crippen LogP contribution is -2.43. The third kappa shape index (κ3) is 3.07. The van der Waals surface area contributed by atoms with E-state index in [2.05, 4.69) is 15.0 Å². The minimum absolute atomic E-state index is 0.174. The summed E-state index contributed by atoms with van der Waals surface area (Å²) in [6.07, 6.45) is 1.34. The molecule has 0 saturated carbocycles. The molecule has 0 aromatic carbocycles. The van der Waals surface area contributed by atoms with Gasteiger partial charge in [0.1, 0.15) is 5.82 Å². The molecule has 1 atom stereocenters. The highest BCUT2D eigenvalue weighted by atomic mass is 16.5. The van der Waals surface area contributed by atoms with Gasteiger partial charge >= 0.3 is 5.97 Å². The molecule has 1 aromatic rings. The van der Waals surface area contributed by atoms with Crippen LogP contribution in [0.1, 0.15) is 28.9 Å². The average Bonchev–Trinajstić information content (AvgIpc) is 2.42. The van der Waals surface area contributed by atoms with Gasteiger partial charge in [-0.3, -0.25) is 4.79 Å². The molecule has 0 radical (unpaired) electrons. The lowest BCUT2D eigenvalue weighted by Gasteiger charge is -2.30. The van der Waals surface area contributed by atoms with Gasteiger partial charge in [0.2, 0.25) is 5.91 Å². The van der Waals surface area contributed by atoms with Crippen LogP contribution >= 0.6 is 0 Å². The standard InChI is InChI=1S/C14H19N3O3/c1-9-11(14(19)20-3)5-6-12(15-9)16-10-4-7-13(18)17(2)8-10/h5-6,10H,4,7-8H2,1-3H3,(H,15,16). The summed E-state index contributed by atoms with van der Waals surface area (Å²) in [5.74, 6) is 0.501. The number of likely N-dealkylation sites (tertiary alicyclic amines) is 1. The third-order valence-electron chi connectivity index (χ3n) is 3.47. The first-order chi connectivity index (χ1) is 9.51. The number of carbonyl (C=O) groups excluding carboxylic acids is 2. The maximum atomic E-state index is 11.5. The van der Waals surface area contributed by atoms with E-state index in [1.165, 1.54) is 7.11 Å². The predicted octanol–water partition coefficient (Wildman–Crippen LogP) is 1.21. The average molecular weight is 277 g/mol. The Hall–Kier alpha value is -2.11. The second-order valence-corrected chi connectivity index (χ2v) is 4.98. The SMILES string of the molecule is COC(=O)c1ccc(NC2CCC(=O)N(C)C2)nc1C. The van der Waals surface area contributed by atoms with Gasteiger partial charge in [-0.2, -0.15) is 0 Å². The number of pyridine rings is 1. The molecular weight excluding hydrogens is 258 g/mol. The Labute approximate surface area is 118 Å². The molecule has 1 fully saturated rings. The number of hydrogen-bond acceptors (Lipinski definition) is 5. The van der Waals surface area contributed by atoms with E-state index in [9.17, 15) is 9.59 Å². The summed E-state index contributed by atoms with van der Waals surface area (Å²) in [6, 6.07) is 3.65. The first-order valence-corrected chi connectivity index (χ1v) is 6.57. The van der Waals surface area contributed by atoms with E-state index in [1.54, 1.807) is 31.0 Å². The van der Waals surface area contributed by atoms with Gasteiger partial charge in [-0.25, -0.2) is 9.78 Å². The molecule has 0 bridgehead atoms. The molecule has 2 heterocycles. The largest absolute Gasteiger partial charge is 0.465 e. The van der Waals surface area contributed by atoms with Crippen molar-refractivity contribution >= 4 is 17.7 Å². The van der Waals surface area contributed by atoms with Crippen LogP contribution in [0.3, 0.4) is 0 Å². The van der Waals surface area contributed by atoms with Gasteiger partial charge in [0.05, 0.1) is 18.4 Å². The van der Waals surface area contributed by atoms with Crippen LogP contribution in [0.25, 0.3) is 0 Å². The van der Waals surface area contributed by atoms with Crippen LogP contribution in [0.15, 0.2) is 12.1 Å². The van der Waals surface area contributed by atoms with Crippen molar-refractivity contribution in [2.24, 2.45) is 0 Å². The number of rotatable bonds is 3. The Kier molecular flexibility index (Phi) is 4.22. The number of esters is 1. The zero-order chi connectivity index (χ0) is 14.7. The molecule has 1 aromatic heterocycles. The molecule has 1 aliphatic rings. The number of aromatic nitrogens is 1. The fraction of sp³-hybridized carbons (Fsp3) is 0.500. The summed E-state index contributed by atoms with van der Waals surface area (Å²) in [5, 5.41) is 3.30. The molecular formula is C14H19N3O3. The molecule has 1 amide bonds. The van der Waals surface area contributed by atoms with Crippen LogP contribution in [0.4, 0.5) is 5.82 Å². The lowest BCUT2D eigenvalue weighted by atomic mass is 10.1. The molecule has 1 N–H and O–H groups in total. The van der Waals surface area contributed by atoms with Crippen molar-refractivity contribution in [3.8, 4) is 0 Å². The van der Waals surface area contributed by atoms with E-state index in [0.717, 1.165) is 6.42 Å². The summed E-state index contributed by atoms with van der Waals surface area (Å²) in [5.41, 5.74) is 1.09. The first-order valence-electron chi connectivity index (χ1n) is 6.57.